The van der Waals surface area contributed by atoms with E-state index in [1.807, 2.05) is 25.1 Å². The second-order valence-corrected chi connectivity index (χ2v) is 5.10. The number of nitrogens with zero attached hydrogens (tertiary/aromatic N) is 1. The Bertz CT molecular complexity index is 564. The molecule has 100 valence electrons. The van der Waals surface area contributed by atoms with Gasteiger partial charge in [-0.1, -0.05) is 26.0 Å². The lowest BCUT2D eigenvalue weighted by Crippen LogP contribution is -2.21. The Labute approximate surface area is 113 Å². The molecule has 1 aromatic carbocycles. The van der Waals surface area contributed by atoms with E-state index in [-0.39, 0.29) is 5.82 Å². The minimum Gasteiger partial charge on any atom is -0.310 e. The SMILES string of the molecule is Cc1cncc(-c2ccc(CNC(C)C)cc2F)c1. The van der Waals surface area contributed by atoms with Crippen molar-refractivity contribution in [2.24, 2.45) is 0 Å². The van der Waals surface area contributed by atoms with Gasteiger partial charge in [0.2, 0.25) is 0 Å². The predicted octanol–water partition coefficient (Wildman–Crippen LogP) is 3.69. The summed E-state index contributed by atoms with van der Waals surface area (Å²) in [5.41, 5.74) is 3.41. The molecule has 0 fully saturated rings. The van der Waals surface area contributed by atoms with E-state index in [2.05, 4.69) is 24.1 Å². The van der Waals surface area contributed by atoms with Crippen LogP contribution in [-0.4, -0.2) is 11.0 Å². The Morgan fingerprint density at radius 2 is 2.00 bits per heavy atom. The maximum Gasteiger partial charge on any atom is 0.131 e. The highest BCUT2D eigenvalue weighted by Gasteiger charge is 2.07. The minimum absolute atomic E-state index is 0.199. The van der Waals surface area contributed by atoms with Crippen LogP contribution in [-0.2, 0) is 6.54 Å². The second kappa shape index (κ2) is 5.93. The van der Waals surface area contributed by atoms with Crippen LogP contribution in [0, 0.1) is 12.7 Å². The molecular weight excluding hydrogens is 239 g/mol. The normalized spacial score (nSPS) is 11.0. The Morgan fingerprint density at radius 3 is 2.63 bits per heavy atom. The molecule has 0 aliphatic heterocycles. The standard InChI is InChI=1S/C16H19FN2/c1-11(2)19-9-13-4-5-15(16(17)7-13)14-6-12(3)8-18-10-14/h4-8,10-11,19H,9H2,1-3H3. The van der Waals surface area contributed by atoms with E-state index < -0.39 is 0 Å². The highest BCUT2D eigenvalue weighted by Crippen LogP contribution is 2.23. The third-order valence-corrected chi connectivity index (χ3v) is 2.93. The molecule has 2 nitrogen and oxygen atoms in total. The minimum atomic E-state index is -0.199. The van der Waals surface area contributed by atoms with Gasteiger partial charge in [-0.2, -0.15) is 0 Å². The van der Waals surface area contributed by atoms with Gasteiger partial charge in [0.25, 0.3) is 0 Å². The van der Waals surface area contributed by atoms with Crippen molar-refractivity contribution in [1.82, 2.24) is 10.3 Å². The van der Waals surface area contributed by atoms with Crippen LogP contribution in [0.4, 0.5) is 4.39 Å². The number of benzene rings is 1. The summed E-state index contributed by atoms with van der Waals surface area (Å²) in [5.74, 6) is -0.199. The number of aromatic nitrogens is 1. The summed E-state index contributed by atoms with van der Waals surface area (Å²) in [6.45, 7) is 6.78. The molecule has 0 aliphatic carbocycles. The Balaban J connectivity index is 2.24. The average molecular weight is 258 g/mol. The Morgan fingerprint density at radius 1 is 1.21 bits per heavy atom. The highest BCUT2D eigenvalue weighted by atomic mass is 19.1. The lowest BCUT2D eigenvalue weighted by molar-refractivity contribution is 0.582. The van der Waals surface area contributed by atoms with Crippen molar-refractivity contribution >= 4 is 0 Å². The molecule has 0 aliphatic rings. The first-order chi connectivity index (χ1) is 9.06. The summed E-state index contributed by atoms with van der Waals surface area (Å²) < 4.78 is 14.1. The molecular formula is C16H19FN2. The maximum atomic E-state index is 14.1. The van der Waals surface area contributed by atoms with E-state index >= 15 is 0 Å². The summed E-state index contributed by atoms with van der Waals surface area (Å²) in [7, 11) is 0. The molecule has 1 aromatic heterocycles. The van der Waals surface area contributed by atoms with E-state index in [1.165, 1.54) is 0 Å². The smallest absolute Gasteiger partial charge is 0.131 e. The first-order valence-corrected chi connectivity index (χ1v) is 6.50. The quantitative estimate of drug-likeness (QED) is 0.904. The average Bonchev–Trinajstić information content (AvgIpc) is 2.36. The zero-order valence-corrected chi connectivity index (χ0v) is 11.6. The van der Waals surface area contributed by atoms with E-state index in [0.29, 0.717) is 18.2 Å². The molecule has 0 atom stereocenters. The van der Waals surface area contributed by atoms with E-state index in [0.717, 1.165) is 16.7 Å². The number of rotatable bonds is 4. The molecule has 0 saturated heterocycles. The number of aryl methyl sites for hydroxylation is 1. The summed E-state index contributed by atoms with van der Waals surface area (Å²) in [6, 6.07) is 7.70. The van der Waals surface area contributed by atoms with Gasteiger partial charge < -0.3 is 5.32 Å². The van der Waals surface area contributed by atoms with Crippen LogP contribution in [0.15, 0.2) is 36.7 Å². The molecule has 0 bridgehead atoms. The van der Waals surface area contributed by atoms with Crippen LogP contribution in [0.5, 0.6) is 0 Å². The topological polar surface area (TPSA) is 24.9 Å². The van der Waals surface area contributed by atoms with Gasteiger partial charge in [0, 0.05) is 36.1 Å². The fourth-order valence-electron chi connectivity index (χ4n) is 1.93. The molecule has 2 rings (SSSR count). The molecule has 0 unspecified atom stereocenters. The van der Waals surface area contributed by atoms with Gasteiger partial charge in [-0.25, -0.2) is 4.39 Å². The number of hydrogen-bond donors (Lipinski definition) is 1. The maximum absolute atomic E-state index is 14.1. The van der Waals surface area contributed by atoms with Gasteiger partial charge in [-0.3, -0.25) is 4.98 Å². The first kappa shape index (κ1) is 13.7. The van der Waals surface area contributed by atoms with Gasteiger partial charge in [0.05, 0.1) is 0 Å². The molecule has 1 N–H and O–H groups in total. The molecule has 2 aromatic rings. The lowest BCUT2D eigenvalue weighted by atomic mass is 10.0. The largest absolute Gasteiger partial charge is 0.310 e. The van der Waals surface area contributed by atoms with Crippen molar-refractivity contribution in [3.05, 3.63) is 53.6 Å². The van der Waals surface area contributed by atoms with Crippen molar-refractivity contribution in [3.8, 4) is 11.1 Å². The molecule has 1 heterocycles. The molecule has 0 radical (unpaired) electrons. The fraction of sp³-hybridized carbons (Fsp3) is 0.312. The fourth-order valence-corrected chi connectivity index (χ4v) is 1.93. The molecule has 0 saturated carbocycles. The third-order valence-electron chi connectivity index (χ3n) is 2.93. The van der Waals surface area contributed by atoms with Gasteiger partial charge in [0.15, 0.2) is 0 Å². The van der Waals surface area contributed by atoms with Crippen molar-refractivity contribution in [3.63, 3.8) is 0 Å². The van der Waals surface area contributed by atoms with Crippen LogP contribution >= 0.6 is 0 Å². The van der Waals surface area contributed by atoms with Crippen LogP contribution in [0.2, 0.25) is 0 Å². The van der Waals surface area contributed by atoms with Crippen molar-refractivity contribution in [2.45, 2.75) is 33.4 Å². The van der Waals surface area contributed by atoms with Gasteiger partial charge in [-0.05, 0) is 30.2 Å². The summed E-state index contributed by atoms with van der Waals surface area (Å²) in [5, 5.41) is 3.28. The molecule has 3 heteroatoms. The monoisotopic (exact) mass is 258 g/mol. The van der Waals surface area contributed by atoms with Gasteiger partial charge >= 0.3 is 0 Å². The van der Waals surface area contributed by atoms with E-state index in [4.69, 9.17) is 0 Å². The molecule has 0 spiro atoms. The second-order valence-electron chi connectivity index (χ2n) is 5.10. The zero-order valence-electron chi connectivity index (χ0n) is 11.6. The lowest BCUT2D eigenvalue weighted by Gasteiger charge is -2.10. The van der Waals surface area contributed by atoms with E-state index in [9.17, 15) is 4.39 Å². The summed E-state index contributed by atoms with van der Waals surface area (Å²) >= 11 is 0. The number of nitrogens with one attached hydrogen (secondary N) is 1. The Hall–Kier alpha value is -1.74. The first-order valence-electron chi connectivity index (χ1n) is 6.50. The van der Waals surface area contributed by atoms with Gasteiger partial charge in [0.1, 0.15) is 5.82 Å². The number of pyridine rings is 1. The zero-order chi connectivity index (χ0) is 13.8. The van der Waals surface area contributed by atoms with Crippen LogP contribution in [0.25, 0.3) is 11.1 Å². The van der Waals surface area contributed by atoms with Crippen LogP contribution in [0.3, 0.4) is 0 Å². The summed E-state index contributed by atoms with van der Waals surface area (Å²) in [6.07, 6.45) is 3.46. The van der Waals surface area contributed by atoms with Crippen molar-refractivity contribution in [1.29, 1.82) is 0 Å². The van der Waals surface area contributed by atoms with Crippen molar-refractivity contribution in [2.75, 3.05) is 0 Å². The third kappa shape index (κ3) is 3.61. The molecule has 19 heavy (non-hydrogen) atoms. The summed E-state index contributed by atoms with van der Waals surface area (Å²) in [4.78, 5) is 4.10. The van der Waals surface area contributed by atoms with Crippen molar-refractivity contribution < 1.29 is 4.39 Å². The predicted molar refractivity (Wildman–Crippen MR) is 76.3 cm³/mol. The Kier molecular flexibility index (Phi) is 4.27. The highest BCUT2D eigenvalue weighted by molar-refractivity contribution is 5.64. The van der Waals surface area contributed by atoms with Crippen LogP contribution in [0.1, 0.15) is 25.0 Å². The van der Waals surface area contributed by atoms with Gasteiger partial charge in [-0.15, -0.1) is 0 Å². The number of hydrogen-bond acceptors (Lipinski definition) is 2. The molecule has 0 amide bonds. The van der Waals surface area contributed by atoms with Crippen LogP contribution < -0.4 is 5.32 Å². The van der Waals surface area contributed by atoms with E-state index in [1.54, 1.807) is 18.5 Å². The number of halogens is 1.